The van der Waals surface area contributed by atoms with Crippen LogP contribution in [0.2, 0.25) is 0 Å². The van der Waals surface area contributed by atoms with Crippen molar-refractivity contribution in [2.24, 2.45) is 0 Å². The van der Waals surface area contributed by atoms with Crippen LogP contribution in [0, 0.1) is 13.8 Å². The van der Waals surface area contributed by atoms with E-state index < -0.39 is 0 Å². The Morgan fingerprint density at radius 2 is 2.20 bits per heavy atom. The summed E-state index contributed by atoms with van der Waals surface area (Å²) in [4.78, 5) is 12.2. The van der Waals surface area contributed by atoms with Crippen molar-refractivity contribution in [2.75, 3.05) is 5.32 Å². The van der Waals surface area contributed by atoms with Gasteiger partial charge in [-0.15, -0.1) is 5.10 Å². The normalized spacial score (nSPS) is 10.3. The monoisotopic (exact) mass is 240 g/mol. The van der Waals surface area contributed by atoms with Crippen LogP contribution in [0.5, 0.6) is 0 Å². The molecule has 1 amide bonds. The lowest BCUT2D eigenvalue weighted by molar-refractivity contribution is 0.103. The second kappa shape index (κ2) is 4.03. The van der Waals surface area contributed by atoms with Gasteiger partial charge in [0.15, 0.2) is 0 Å². The summed E-state index contributed by atoms with van der Waals surface area (Å²) < 4.78 is 7.78. The first kappa shape index (κ1) is 10.2. The molecule has 15 heavy (non-hydrogen) atoms. The van der Waals surface area contributed by atoms with Crippen molar-refractivity contribution < 1.29 is 4.79 Å². The number of nitrogens with zero attached hydrogens (tertiary/aromatic N) is 3. The van der Waals surface area contributed by atoms with Crippen molar-refractivity contribution in [2.45, 2.75) is 13.8 Å². The Labute approximate surface area is 94.5 Å². The Morgan fingerprint density at radius 1 is 1.40 bits per heavy atom. The summed E-state index contributed by atoms with van der Waals surface area (Å²) in [7, 11) is 0. The number of hydrogen-bond donors (Lipinski definition) is 1. The van der Waals surface area contributed by atoms with Gasteiger partial charge in [-0.05, 0) is 43.0 Å². The molecule has 0 unspecified atom stereocenters. The summed E-state index contributed by atoms with van der Waals surface area (Å²) in [5.74, 6) is -0.175. The summed E-state index contributed by atoms with van der Waals surface area (Å²) in [6.07, 6.45) is 0. The molecular formula is C8H8N4OS2. The second-order valence-corrected chi connectivity index (χ2v) is 4.53. The van der Waals surface area contributed by atoms with Crippen LogP contribution < -0.4 is 5.32 Å². The first-order chi connectivity index (χ1) is 7.16. The van der Waals surface area contributed by atoms with E-state index in [1.54, 1.807) is 6.92 Å². The zero-order valence-corrected chi connectivity index (χ0v) is 9.78. The first-order valence-corrected chi connectivity index (χ1v) is 5.75. The average Bonchev–Trinajstić information content (AvgIpc) is 2.75. The molecule has 0 aliphatic carbocycles. The summed E-state index contributed by atoms with van der Waals surface area (Å²) in [6, 6.07) is 1.83. The number of nitrogens with one attached hydrogen (secondary N) is 1. The fourth-order valence-electron chi connectivity index (χ4n) is 1.03. The number of aromatic nitrogens is 3. The average molecular weight is 240 g/mol. The van der Waals surface area contributed by atoms with Crippen molar-refractivity contribution >= 4 is 34.0 Å². The maximum absolute atomic E-state index is 11.7. The molecule has 0 aliphatic rings. The van der Waals surface area contributed by atoms with Gasteiger partial charge in [-0.25, -0.2) is 0 Å². The van der Waals surface area contributed by atoms with Crippen LogP contribution in [0.15, 0.2) is 6.07 Å². The van der Waals surface area contributed by atoms with E-state index in [9.17, 15) is 4.79 Å². The van der Waals surface area contributed by atoms with E-state index in [-0.39, 0.29) is 5.91 Å². The Morgan fingerprint density at radius 3 is 2.73 bits per heavy atom. The Hall–Kier alpha value is -1.34. The van der Waals surface area contributed by atoms with Crippen LogP contribution in [0.25, 0.3) is 0 Å². The lowest BCUT2D eigenvalue weighted by Crippen LogP contribution is -2.10. The fourth-order valence-corrected chi connectivity index (χ4v) is 2.24. The molecule has 1 N–H and O–H groups in total. The molecule has 0 spiro atoms. The smallest absolute Gasteiger partial charge is 0.269 e. The second-order valence-electron chi connectivity index (χ2n) is 2.97. The minimum atomic E-state index is -0.175. The lowest BCUT2D eigenvalue weighted by Gasteiger charge is -1.97. The van der Waals surface area contributed by atoms with Gasteiger partial charge in [0.05, 0.1) is 11.4 Å². The van der Waals surface area contributed by atoms with Crippen LogP contribution >= 0.6 is 23.1 Å². The standard InChI is InChI=1S/C8H8N4OS2/c1-4-3-6(14-11-4)9-8(13)7-5(2)10-12-15-7/h3H,1-2H3,(H,9,13). The quantitative estimate of drug-likeness (QED) is 0.870. The number of amides is 1. The van der Waals surface area contributed by atoms with E-state index >= 15 is 0 Å². The molecule has 0 bridgehead atoms. The number of aryl methyl sites for hydroxylation is 2. The molecular weight excluding hydrogens is 232 g/mol. The van der Waals surface area contributed by atoms with Gasteiger partial charge in [0.1, 0.15) is 9.88 Å². The van der Waals surface area contributed by atoms with Crippen LogP contribution in [0.1, 0.15) is 21.1 Å². The van der Waals surface area contributed by atoms with Crippen LogP contribution in [0.3, 0.4) is 0 Å². The molecule has 0 saturated heterocycles. The first-order valence-electron chi connectivity index (χ1n) is 4.20. The Balaban J connectivity index is 2.14. The van der Waals surface area contributed by atoms with Crippen molar-refractivity contribution in [1.29, 1.82) is 0 Å². The van der Waals surface area contributed by atoms with Crippen LogP contribution in [0.4, 0.5) is 5.00 Å². The molecule has 0 radical (unpaired) electrons. The molecule has 0 saturated carbocycles. The Kier molecular flexibility index (Phi) is 2.74. The third kappa shape index (κ3) is 2.18. The molecule has 2 heterocycles. The van der Waals surface area contributed by atoms with Gasteiger partial charge in [0.25, 0.3) is 5.91 Å². The number of hydrogen-bond acceptors (Lipinski definition) is 6. The zero-order chi connectivity index (χ0) is 10.8. The van der Waals surface area contributed by atoms with Gasteiger partial charge in [0, 0.05) is 0 Å². The van der Waals surface area contributed by atoms with Crippen molar-refractivity contribution in [1.82, 2.24) is 14.0 Å². The van der Waals surface area contributed by atoms with E-state index in [1.165, 1.54) is 11.5 Å². The maximum atomic E-state index is 11.7. The molecule has 78 valence electrons. The molecule has 0 aromatic carbocycles. The molecule has 0 fully saturated rings. The molecule has 2 rings (SSSR count). The van der Waals surface area contributed by atoms with Gasteiger partial charge >= 0.3 is 0 Å². The molecule has 0 aliphatic heterocycles. The Bertz CT molecular complexity index is 490. The summed E-state index contributed by atoms with van der Waals surface area (Å²) in [6.45, 7) is 3.64. The highest BCUT2D eigenvalue weighted by atomic mass is 32.1. The van der Waals surface area contributed by atoms with Gasteiger partial charge in [-0.2, -0.15) is 4.37 Å². The van der Waals surface area contributed by atoms with Crippen LogP contribution in [-0.2, 0) is 0 Å². The fraction of sp³-hybridized carbons (Fsp3) is 0.250. The number of carbonyl (C=O) groups excluding carboxylic acids is 1. The van der Waals surface area contributed by atoms with Gasteiger partial charge in [-0.1, -0.05) is 4.49 Å². The predicted molar refractivity (Wildman–Crippen MR) is 59.5 cm³/mol. The summed E-state index contributed by atoms with van der Waals surface area (Å²) in [5, 5.41) is 7.27. The van der Waals surface area contributed by atoms with E-state index in [0.717, 1.165) is 22.2 Å². The van der Waals surface area contributed by atoms with E-state index in [0.29, 0.717) is 10.6 Å². The van der Waals surface area contributed by atoms with Crippen molar-refractivity contribution in [3.05, 3.63) is 22.3 Å². The van der Waals surface area contributed by atoms with E-state index in [1.807, 2.05) is 13.0 Å². The highest BCUT2D eigenvalue weighted by Crippen LogP contribution is 2.18. The zero-order valence-electron chi connectivity index (χ0n) is 8.14. The maximum Gasteiger partial charge on any atom is 0.269 e. The largest absolute Gasteiger partial charge is 0.311 e. The van der Waals surface area contributed by atoms with Crippen LogP contribution in [-0.4, -0.2) is 19.9 Å². The molecule has 0 atom stereocenters. The van der Waals surface area contributed by atoms with Gasteiger partial charge < -0.3 is 5.32 Å². The topological polar surface area (TPSA) is 67.8 Å². The van der Waals surface area contributed by atoms with Crippen molar-refractivity contribution in [3.63, 3.8) is 0 Å². The lowest BCUT2D eigenvalue weighted by atomic mass is 10.4. The minimum absolute atomic E-state index is 0.175. The SMILES string of the molecule is Cc1cc(NC(=O)c2snnc2C)sn1. The highest BCUT2D eigenvalue weighted by molar-refractivity contribution is 7.11. The predicted octanol–water partition coefficient (Wildman–Crippen LogP) is 1.86. The molecule has 2 aromatic heterocycles. The summed E-state index contributed by atoms with van der Waals surface area (Å²) >= 11 is 2.36. The molecule has 5 nitrogen and oxygen atoms in total. The number of rotatable bonds is 2. The number of carbonyl (C=O) groups is 1. The number of anilines is 1. The van der Waals surface area contributed by atoms with E-state index in [4.69, 9.17) is 0 Å². The van der Waals surface area contributed by atoms with Gasteiger partial charge in [-0.3, -0.25) is 4.79 Å². The molecule has 7 heteroatoms. The molecule has 2 aromatic rings. The van der Waals surface area contributed by atoms with Gasteiger partial charge in [0.2, 0.25) is 0 Å². The minimum Gasteiger partial charge on any atom is -0.311 e. The van der Waals surface area contributed by atoms with E-state index in [2.05, 4.69) is 19.3 Å². The highest BCUT2D eigenvalue weighted by Gasteiger charge is 2.13. The van der Waals surface area contributed by atoms with Crippen molar-refractivity contribution in [3.8, 4) is 0 Å². The third-order valence-electron chi connectivity index (χ3n) is 1.72. The summed E-state index contributed by atoms with van der Waals surface area (Å²) in [5.41, 5.74) is 1.55. The third-order valence-corrected chi connectivity index (χ3v) is 3.35.